The first-order chi connectivity index (χ1) is 38.5. The van der Waals surface area contributed by atoms with Crippen LogP contribution in [0.3, 0.4) is 0 Å². The SMILES string of the molecule is CCc1ccccc1-c1cccc2c1oc1c(N(c3ccc(C)cc3)c3cc(C(C)C)c4ccc5c(N(c6ccccc6C)c6cccc(-c7cccc(-c8ccccc8C)c7)c6O)cc(C(C)C)c6ccc3c4c65)cccc12. The molecule has 386 valence electrons. The second-order valence-corrected chi connectivity index (χ2v) is 22.2. The minimum atomic E-state index is 0.180. The quantitative estimate of drug-likeness (QED) is 0.124. The third-order valence-corrected chi connectivity index (χ3v) is 16.6. The molecule has 0 radical (unpaired) electrons. The summed E-state index contributed by atoms with van der Waals surface area (Å²) in [4.78, 5) is 4.76. The normalized spacial score (nSPS) is 11.9. The number of rotatable bonds is 12. The summed E-state index contributed by atoms with van der Waals surface area (Å²) in [5.74, 6) is 0.603. The second-order valence-electron chi connectivity index (χ2n) is 22.2. The van der Waals surface area contributed by atoms with Crippen LogP contribution in [0.2, 0.25) is 0 Å². The van der Waals surface area contributed by atoms with Crippen molar-refractivity contribution >= 4 is 88.4 Å². The first-order valence-electron chi connectivity index (χ1n) is 28.0. The summed E-state index contributed by atoms with van der Waals surface area (Å²) in [6.45, 7) is 17.9. The van der Waals surface area contributed by atoms with Crippen LogP contribution in [0, 0.1) is 20.8 Å². The van der Waals surface area contributed by atoms with Crippen LogP contribution in [0.25, 0.3) is 87.6 Å². The minimum Gasteiger partial charge on any atom is -0.505 e. The van der Waals surface area contributed by atoms with Gasteiger partial charge in [0, 0.05) is 44.0 Å². The number of benzene rings is 12. The Labute approximate surface area is 463 Å². The largest absolute Gasteiger partial charge is 0.505 e. The number of phenolic OH excluding ortho intramolecular Hbond substituents is 1. The van der Waals surface area contributed by atoms with Gasteiger partial charge in [0.2, 0.25) is 0 Å². The molecule has 13 rings (SSSR count). The van der Waals surface area contributed by atoms with Crippen molar-refractivity contribution in [3.8, 4) is 39.1 Å². The first-order valence-corrected chi connectivity index (χ1v) is 28.0. The Morgan fingerprint density at radius 1 is 0.392 bits per heavy atom. The van der Waals surface area contributed by atoms with Gasteiger partial charge in [-0.2, -0.15) is 0 Å². The summed E-state index contributed by atoms with van der Waals surface area (Å²) in [6, 6.07) is 76.9. The van der Waals surface area contributed by atoms with Gasteiger partial charge in [-0.3, -0.25) is 0 Å². The van der Waals surface area contributed by atoms with Gasteiger partial charge in [0.05, 0.1) is 22.7 Å². The summed E-state index contributed by atoms with van der Waals surface area (Å²) < 4.78 is 7.31. The molecule has 0 aliphatic heterocycles. The Bertz CT molecular complexity index is 4480. The summed E-state index contributed by atoms with van der Waals surface area (Å²) in [5, 5.41) is 22.3. The Hall–Kier alpha value is -9.12. The van der Waals surface area contributed by atoms with E-state index in [9.17, 15) is 5.11 Å². The molecule has 4 nitrogen and oxygen atoms in total. The maximum atomic E-state index is 13.0. The third-order valence-electron chi connectivity index (χ3n) is 16.6. The Kier molecular flexibility index (Phi) is 12.3. The number of nitrogens with zero attached hydrogens (tertiary/aromatic N) is 2. The van der Waals surface area contributed by atoms with E-state index in [1.165, 1.54) is 60.5 Å². The van der Waals surface area contributed by atoms with Crippen molar-refractivity contribution in [1.82, 2.24) is 0 Å². The average Bonchev–Trinajstić information content (AvgIpc) is 3.87. The molecular formula is C75H64N2O2. The van der Waals surface area contributed by atoms with E-state index in [2.05, 4.69) is 271 Å². The molecule has 13 aromatic rings. The van der Waals surface area contributed by atoms with Crippen molar-refractivity contribution in [2.24, 2.45) is 0 Å². The van der Waals surface area contributed by atoms with E-state index >= 15 is 0 Å². The molecule has 0 aliphatic rings. The topological polar surface area (TPSA) is 39.9 Å². The van der Waals surface area contributed by atoms with E-state index < -0.39 is 0 Å². The van der Waals surface area contributed by atoms with Crippen LogP contribution in [-0.4, -0.2) is 5.11 Å². The molecule has 79 heavy (non-hydrogen) atoms. The van der Waals surface area contributed by atoms with Crippen LogP contribution in [0.1, 0.15) is 79.8 Å². The van der Waals surface area contributed by atoms with Crippen molar-refractivity contribution in [2.45, 2.75) is 73.6 Å². The van der Waals surface area contributed by atoms with E-state index in [1.54, 1.807) is 0 Å². The number of aromatic hydroxyl groups is 1. The van der Waals surface area contributed by atoms with Crippen LogP contribution in [0.4, 0.5) is 34.1 Å². The Morgan fingerprint density at radius 3 is 1.56 bits per heavy atom. The highest BCUT2D eigenvalue weighted by atomic mass is 16.3. The van der Waals surface area contributed by atoms with Gasteiger partial charge in [0.1, 0.15) is 11.3 Å². The van der Waals surface area contributed by atoms with Crippen LogP contribution in [0.5, 0.6) is 5.75 Å². The van der Waals surface area contributed by atoms with Crippen molar-refractivity contribution in [1.29, 1.82) is 0 Å². The molecule has 0 bridgehead atoms. The Balaban J connectivity index is 1.09. The zero-order valence-electron chi connectivity index (χ0n) is 46.3. The number of hydrogen-bond donors (Lipinski definition) is 1. The lowest BCUT2D eigenvalue weighted by molar-refractivity contribution is 0.478. The molecule has 1 N–H and O–H groups in total. The number of phenols is 1. The molecule has 1 aromatic heterocycles. The molecule has 0 spiro atoms. The van der Waals surface area contributed by atoms with E-state index in [0.29, 0.717) is 5.69 Å². The van der Waals surface area contributed by atoms with Gasteiger partial charge in [-0.25, -0.2) is 0 Å². The molecule has 4 heteroatoms. The van der Waals surface area contributed by atoms with Crippen molar-refractivity contribution < 1.29 is 9.52 Å². The molecule has 0 amide bonds. The minimum absolute atomic E-state index is 0.180. The molecule has 12 aromatic carbocycles. The summed E-state index contributed by atoms with van der Waals surface area (Å²) in [5.41, 5.74) is 21.2. The number of aryl methyl sites for hydroxylation is 4. The highest BCUT2D eigenvalue weighted by molar-refractivity contribution is 6.30. The fourth-order valence-electron chi connectivity index (χ4n) is 12.6. The number of anilines is 6. The molecule has 0 saturated carbocycles. The number of para-hydroxylation sites is 4. The second kappa shape index (κ2) is 19.7. The number of hydrogen-bond acceptors (Lipinski definition) is 4. The lowest BCUT2D eigenvalue weighted by atomic mass is 9.84. The first kappa shape index (κ1) is 49.5. The standard InChI is InChI=1S/C75H64N2O2/c1-9-50-22-12-14-26-55(50)59-28-17-29-60-61-30-19-33-68(75(61)79-74(59)60)76(53-36-34-47(6)35-37-53)69-43-64(45(2)3)57-39-41-63-70(44-65(46(4)5)58-38-40-62(69)71(57)72(58)63)77(66-31-15-11-21-49(66)8)67-32-18-27-56(73(67)78)52-24-16-23-51(42-52)54-25-13-10-20-48(54)7/h10-46,78H,9H2,1-8H3. The fraction of sp³-hybridized carbons (Fsp3) is 0.147. The molecule has 0 atom stereocenters. The van der Waals surface area contributed by atoms with Gasteiger partial charge in [-0.1, -0.05) is 204 Å². The van der Waals surface area contributed by atoms with Gasteiger partial charge in [0.15, 0.2) is 5.58 Å². The van der Waals surface area contributed by atoms with E-state index in [-0.39, 0.29) is 17.6 Å². The van der Waals surface area contributed by atoms with Crippen LogP contribution in [-0.2, 0) is 6.42 Å². The smallest absolute Gasteiger partial charge is 0.159 e. The summed E-state index contributed by atoms with van der Waals surface area (Å²) >= 11 is 0. The lowest BCUT2D eigenvalue weighted by Crippen LogP contribution is -2.14. The van der Waals surface area contributed by atoms with Crippen LogP contribution in [0.15, 0.2) is 217 Å². The molecule has 0 aliphatic carbocycles. The lowest BCUT2D eigenvalue weighted by Gasteiger charge is -2.32. The Morgan fingerprint density at radius 2 is 0.899 bits per heavy atom. The van der Waals surface area contributed by atoms with Gasteiger partial charge >= 0.3 is 0 Å². The van der Waals surface area contributed by atoms with Crippen LogP contribution >= 0.6 is 0 Å². The van der Waals surface area contributed by atoms with Crippen molar-refractivity contribution in [3.63, 3.8) is 0 Å². The molecular weight excluding hydrogens is 961 g/mol. The van der Waals surface area contributed by atoms with E-state index in [1.807, 2.05) is 6.07 Å². The average molecular weight is 1030 g/mol. The third kappa shape index (κ3) is 8.20. The highest BCUT2D eigenvalue weighted by Gasteiger charge is 2.29. The van der Waals surface area contributed by atoms with Crippen LogP contribution < -0.4 is 9.80 Å². The van der Waals surface area contributed by atoms with Crippen molar-refractivity contribution in [3.05, 3.63) is 246 Å². The molecule has 0 fully saturated rings. The molecule has 1 heterocycles. The predicted molar refractivity (Wildman–Crippen MR) is 337 cm³/mol. The maximum Gasteiger partial charge on any atom is 0.159 e. The monoisotopic (exact) mass is 1020 g/mol. The number of fused-ring (bicyclic) bond motifs is 3. The number of furan rings is 1. The van der Waals surface area contributed by atoms with E-state index in [0.717, 1.165) is 95.4 Å². The summed E-state index contributed by atoms with van der Waals surface area (Å²) in [6.07, 6.45) is 0.927. The highest BCUT2D eigenvalue weighted by Crippen LogP contribution is 2.54. The van der Waals surface area contributed by atoms with Gasteiger partial charge in [-0.15, -0.1) is 0 Å². The van der Waals surface area contributed by atoms with Gasteiger partial charge in [-0.05, 0) is 159 Å². The maximum absolute atomic E-state index is 13.0. The predicted octanol–water partition coefficient (Wildman–Crippen LogP) is 21.9. The van der Waals surface area contributed by atoms with E-state index in [4.69, 9.17) is 4.42 Å². The van der Waals surface area contributed by atoms with Gasteiger partial charge < -0.3 is 19.3 Å². The van der Waals surface area contributed by atoms with Crippen molar-refractivity contribution in [2.75, 3.05) is 9.80 Å². The zero-order valence-corrected chi connectivity index (χ0v) is 46.3. The fourth-order valence-corrected chi connectivity index (χ4v) is 12.6. The summed E-state index contributed by atoms with van der Waals surface area (Å²) in [7, 11) is 0. The zero-order chi connectivity index (χ0) is 54.2. The molecule has 0 unspecified atom stereocenters. The van der Waals surface area contributed by atoms with Gasteiger partial charge in [0.25, 0.3) is 0 Å². The molecule has 0 saturated heterocycles.